The largest absolute Gasteiger partial charge is 0.365 e. The Hall–Kier alpha value is -2.35. The van der Waals surface area contributed by atoms with Gasteiger partial charge in [-0.3, -0.25) is 9.59 Å². The molecular weight excluding hydrogens is 481 g/mol. The van der Waals surface area contributed by atoms with Crippen molar-refractivity contribution in [2.45, 2.75) is 47.0 Å². The van der Waals surface area contributed by atoms with E-state index in [0.29, 0.717) is 37.9 Å². The molecular formula is C24H25Cl2N3O3S. The highest BCUT2D eigenvalue weighted by molar-refractivity contribution is 7.17. The molecule has 9 heteroatoms. The first kappa shape index (κ1) is 23.8. The Labute approximate surface area is 206 Å². The predicted octanol–water partition coefficient (Wildman–Crippen LogP) is 6.52. The fourth-order valence-corrected chi connectivity index (χ4v) is 6.28. The first-order chi connectivity index (χ1) is 15.5. The number of aryl methyl sites for hydroxylation is 1. The molecule has 174 valence electrons. The van der Waals surface area contributed by atoms with Crippen LogP contribution in [0.1, 0.15) is 64.1 Å². The normalized spacial score (nSPS) is 15.9. The summed E-state index contributed by atoms with van der Waals surface area (Å²) in [6, 6.07) is 5.04. The highest BCUT2D eigenvalue weighted by Gasteiger charge is 2.34. The third kappa shape index (κ3) is 4.42. The molecule has 1 aromatic carbocycles. The van der Waals surface area contributed by atoms with E-state index in [1.807, 2.05) is 0 Å². The number of benzene rings is 1. The maximum atomic E-state index is 13.4. The third-order valence-electron chi connectivity index (χ3n) is 6.25. The zero-order chi connectivity index (χ0) is 24.1. The number of fused-ring (bicyclic) bond motifs is 1. The van der Waals surface area contributed by atoms with Crippen LogP contribution in [0.3, 0.4) is 0 Å². The lowest BCUT2D eigenvalue weighted by Crippen LogP contribution is -2.27. The van der Waals surface area contributed by atoms with Crippen molar-refractivity contribution in [2.24, 2.45) is 17.1 Å². The van der Waals surface area contributed by atoms with E-state index >= 15 is 0 Å². The minimum atomic E-state index is -0.548. The van der Waals surface area contributed by atoms with Gasteiger partial charge in [0.25, 0.3) is 11.8 Å². The molecule has 2 aromatic heterocycles. The van der Waals surface area contributed by atoms with Gasteiger partial charge in [0.2, 0.25) is 0 Å². The van der Waals surface area contributed by atoms with Crippen molar-refractivity contribution in [3.8, 4) is 11.3 Å². The van der Waals surface area contributed by atoms with E-state index in [1.54, 1.807) is 25.1 Å². The van der Waals surface area contributed by atoms with Gasteiger partial charge in [0.05, 0.1) is 15.6 Å². The van der Waals surface area contributed by atoms with Crippen molar-refractivity contribution >= 4 is 51.4 Å². The van der Waals surface area contributed by atoms with Gasteiger partial charge in [-0.15, -0.1) is 11.3 Å². The Morgan fingerprint density at radius 2 is 1.88 bits per heavy atom. The van der Waals surface area contributed by atoms with Gasteiger partial charge < -0.3 is 15.6 Å². The summed E-state index contributed by atoms with van der Waals surface area (Å²) in [6.45, 7) is 8.32. The van der Waals surface area contributed by atoms with E-state index in [9.17, 15) is 9.59 Å². The lowest BCUT2D eigenvalue weighted by molar-refractivity contribution is 0.1000. The number of halogens is 2. The Bertz CT molecular complexity index is 1240. The number of rotatable bonds is 4. The minimum absolute atomic E-state index is 0.153. The summed E-state index contributed by atoms with van der Waals surface area (Å²) in [5, 5.41) is 8.07. The van der Waals surface area contributed by atoms with Crippen LogP contribution in [-0.4, -0.2) is 17.0 Å². The highest BCUT2D eigenvalue weighted by atomic mass is 35.5. The zero-order valence-corrected chi connectivity index (χ0v) is 21.2. The smallest absolute Gasteiger partial charge is 0.262 e. The van der Waals surface area contributed by atoms with Gasteiger partial charge in [-0.05, 0) is 55.2 Å². The first-order valence-electron chi connectivity index (χ1n) is 10.6. The quantitative estimate of drug-likeness (QED) is 0.421. The van der Waals surface area contributed by atoms with E-state index in [4.69, 9.17) is 33.5 Å². The van der Waals surface area contributed by atoms with Crippen molar-refractivity contribution in [3.05, 3.63) is 55.6 Å². The molecule has 33 heavy (non-hydrogen) atoms. The molecule has 0 saturated carbocycles. The van der Waals surface area contributed by atoms with Gasteiger partial charge in [0.15, 0.2) is 0 Å². The predicted molar refractivity (Wildman–Crippen MR) is 132 cm³/mol. The van der Waals surface area contributed by atoms with Crippen LogP contribution in [0, 0.1) is 18.3 Å². The summed E-state index contributed by atoms with van der Waals surface area (Å²) in [5.74, 6) is -0.211. The van der Waals surface area contributed by atoms with Crippen LogP contribution < -0.4 is 11.1 Å². The van der Waals surface area contributed by atoms with E-state index < -0.39 is 11.8 Å². The summed E-state index contributed by atoms with van der Waals surface area (Å²) >= 11 is 14.1. The fourth-order valence-electron chi connectivity index (χ4n) is 4.37. The van der Waals surface area contributed by atoms with Crippen LogP contribution in [-0.2, 0) is 12.8 Å². The molecule has 2 heterocycles. The Morgan fingerprint density at radius 3 is 2.48 bits per heavy atom. The van der Waals surface area contributed by atoms with E-state index in [-0.39, 0.29) is 16.7 Å². The highest BCUT2D eigenvalue weighted by Crippen LogP contribution is 2.44. The number of aromatic nitrogens is 1. The number of amides is 2. The number of nitrogens with two attached hydrogens (primary N) is 1. The molecule has 0 radical (unpaired) electrons. The monoisotopic (exact) mass is 505 g/mol. The zero-order valence-electron chi connectivity index (χ0n) is 18.8. The lowest BCUT2D eigenvalue weighted by Gasteiger charge is -2.33. The van der Waals surface area contributed by atoms with E-state index in [1.165, 1.54) is 11.3 Å². The minimum Gasteiger partial charge on any atom is -0.365 e. The molecule has 0 fully saturated rings. The van der Waals surface area contributed by atoms with Crippen LogP contribution in [0.25, 0.3) is 11.3 Å². The van der Waals surface area contributed by atoms with Crippen molar-refractivity contribution < 1.29 is 14.1 Å². The number of hydrogen-bond acceptors (Lipinski definition) is 5. The second-order valence-corrected chi connectivity index (χ2v) is 11.3. The Balaban J connectivity index is 1.72. The summed E-state index contributed by atoms with van der Waals surface area (Å²) in [4.78, 5) is 26.8. The molecule has 3 N–H and O–H groups in total. The maximum Gasteiger partial charge on any atom is 0.262 e. The average molecular weight is 506 g/mol. The average Bonchev–Trinajstić information content (AvgIpc) is 3.26. The molecule has 6 nitrogen and oxygen atoms in total. The van der Waals surface area contributed by atoms with Crippen LogP contribution >= 0.6 is 34.5 Å². The van der Waals surface area contributed by atoms with Gasteiger partial charge in [-0.1, -0.05) is 55.2 Å². The number of anilines is 1. The number of carbonyl (C=O) groups excluding carboxylic acids is 2. The van der Waals surface area contributed by atoms with E-state index in [2.05, 4.69) is 31.2 Å². The number of hydrogen-bond donors (Lipinski definition) is 2. The molecule has 0 saturated heterocycles. The molecule has 0 spiro atoms. The molecule has 0 unspecified atom stereocenters. The fraction of sp³-hybridized carbons (Fsp3) is 0.375. The lowest BCUT2D eigenvalue weighted by atomic mass is 9.72. The van der Waals surface area contributed by atoms with Crippen LogP contribution in [0.2, 0.25) is 10.0 Å². The number of primary amides is 1. The summed E-state index contributed by atoms with van der Waals surface area (Å²) in [5.41, 5.74) is 8.09. The van der Waals surface area contributed by atoms with Crippen LogP contribution in [0.4, 0.5) is 5.00 Å². The Morgan fingerprint density at radius 1 is 1.21 bits per heavy atom. The SMILES string of the molecule is Cc1onc(-c2c(Cl)cccc2Cl)c1C(=O)Nc1sc2c(c1C(N)=O)CC[C@H](C(C)(C)C)C2. The summed E-state index contributed by atoms with van der Waals surface area (Å²) in [6.07, 6.45) is 2.59. The topological polar surface area (TPSA) is 98.2 Å². The van der Waals surface area contributed by atoms with Gasteiger partial charge >= 0.3 is 0 Å². The van der Waals surface area contributed by atoms with Crippen molar-refractivity contribution in [1.29, 1.82) is 0 Å². The van der Waals surface area contributed by atoms with Gasteiger partial charge in [-0.25, -0.2) is 0 Å². The molecule has 1 aliphatic rings. The van der Waals surface area contributed by atoms with Gasteiger partial charge in [-0.2, -0.15) is 0 Å². The first-order valence-corrected chi connectivity index (χ1v) is 12.2. The van der Waals surface area contributed by atoms with Gasteiger partial charge in [0.1, 0.15) is 22.0 Å². The number of thiophene rings is 1. The molecule has 0 aliphatic heterocycles. The van der Waals surface area contributed by atoms with Crippen LogP contribution in [0.15, 0.2) is 22.7 Å². The second-order valence-electron chi connectivity index (χ2n) is 9.39. The third-order valence-corrected chi connectivity index (χ3v) is 8.05. The van der Waals surface area contributed by atoms with Gasteiger partial charge in [0, 0.05) is 10.4 Å². The molecule has 1 atom stereocenters. The molecule has 2 amide bonds. The molecule has 3 aromatic rings. The second kappa shape index (κ2) is 8.78. The standard InChI is InChI=1S/C24H25Cl2N3O3S/c1-11-17(20(29-32-11)19-14(25)6-5-7-15(19)26)22(31)28-23-18(21(27)30)13-9-8-12(24(2,3)4)10-16(13)33-23/h5-7,12H,8-10H2,1-4H3,(H2,27,30)(H,28,31)/t12-/m0/s1. The summed E-state index contributed by atoms with van der Waals surface area (Å²) < 4.78 is 5.31. The van der Waals surface area contributed by atoms with Crippen molar-refractivity contribution in [3.63, 3.8) is 0 Å². The van der Waals surface area contributed by atoms with Crippen molar-refractivity contribution in [2.75, 3.05) is 5.32 Å². The molecule has 1 aliphatic carbocycles. The van der Waals surface area contributed by atoms with Crippen LogP contribution in [0.5, 0.6) is 0 Å². The van der Waals surface area contributed by atoms with E-state index in [0.717, 1.165) is 29.7 Å². The maximum absolute atomic E-state index is 13.4. The Kier molecular flexibility index (Phi) is 6.33. The van der Waals surface area contributed by atoms with Crippen molar-refractivity contribution in [1.82, 2.24) is 5.16 Å². The molecule has 4 rings (SSSR count). The number of carbonyl (C=O) groups is 2. The summed E-state index contributed by atoms with van der Waals surface area (Å²) in [7, 11) is 0. The molecule has 0 bridgehead atoms. The number of nitrogens with one attached hydrogen (secondary N) is 1. The number of nitrogens with zero attached hydrogens (tertiary/aromatic N) is 1.